The zero-order valence-corrected chi connectivity index (χ0v) is 14.4. The van der Waals surface area contributed by atoms with E-state index in [9.17, 15) is 4.79 Å². The van der Waals surface area contributed by atoms with Crippen molar-refractivity contribution in [3.05, 3.63) is 60.2 Å². The minimum absolute atomic E-state index is 0.229. The molecule has 0 aliphatic carbocycles. The van der Waals surface area contributed by atoms with E-state index in [1.807, 2.05) is 30.3 Å². The van der Waals surface area contributed by atoms with Crippen LogP contribution in [0.5, 0.6) is 0 Å². The van der Waals surface area contributed by atoms with Gasteiger partial charge in [-0.2, -0.15) is 0 Å². The van der Waals surface area contributed by atoms with Crippen LogP contribution in [0, 0.1) is 5.92 Å². The number of carboxylic acids is 1. The maximum atomic E-state index is 11.1. The summed E-state index contributed by atoms with van der Waals surface area (Å²) in [6.07, 6.45) is 1.74. The Balaban J connectivity index is 1.51. The lowest BCUT2D eigenvalue weighted by Gasteiger charge is -2.30. The van der Waals surface area contributed by atoms with Gasteiger partial charge in [0.25, 0.3) is 0 Å². The van der Waals surface area contributed by atoms with E-state index in [4.69, 9.17) is 9.84 Å². The van der Waals surface area contributed by atoms with Crippen LogP contribution < -0.4 is 0 Å². The molecule has 4 nitrogen and oxygen atoms in total. The number of benzene rings is 2. The molecule has 0 unspecified atom stereocenters. The Morgan fingerprint density at radius 2 is 1.88 bits per heavy atom. The Morgan fingerprint density at radius 3 is 2.68 bits per heavy atom. The molecule has 132 valence electrons. The van der Waals surface area contributed by atoms with E-state index < -0.39 is 5.97 Å². The van der Waals surface area contributed by atoms with Gasteiger partial charge in [0.1, 0.15) is 0 Å². The molecule has 4 heteroatoms. The Labute approximate surface area is 149 Å². The second-order valence-corrected chi connectivity index (χ2v) is 6.55. The van der Waals surface area contributed by atoms with E-state index in [1.54, 1.807) is 0 Å². The lowest BCUT2D eigenvalue weighted by Crippen LogP contribution is -2.40. The minimum Gasteiger partial charge on any atom is -0.481 e. The largest absolute Gasteiger partial charge is 0.481 e. The number of aliphatic carboxylic acids is 1. The maximum Gasteiger partial charge on any atom is 0.307 e. The molecule has 0 amide bonds. The van der Waals surface area contributed by atoms with E-state index in [-0.39, 0.29) is 5.92 Å². The lowest BCUT2D eigenvalue weighted by atomic mass is 9.98. The maximum absolute atomic E-state index is 11.1. The molecule has 1 heterocycles. The molecule has 3 rings (SSSR count). The third-order valence-electron chi connectivity index (χ3n) is 4.77. The van der Waals surface area contributed by atoms with Gasteiger partial charge in [-0.25, -0.2) is 0 Å². The quantitative estimate of drug-likeness (QED) is 0.782. The van der Waals surface area contributed by atoms with Crippen molar-refractivity contribution in [1.82, 2.24) is 4.90 Å². The Kier molecular flexibility index (Phi) is 6.20. The van der Waals surface area contributed by atoms with Crippen molar-refractivity contribution in [3.63, 3.8) is 0 Å². The SMILES string of the molecule is O=C(O)[C@@H]1CCCN(CCOCc2ccccc2-c2ccccc2)C1. The predicted octanol–water partition coefficient (Wildman–Crippen LogP) is 3.67. The highest BCUT2D eigenvalue weighted by molar-refractivity contribution is 5.70. The van der Waals surface area contributed by atoms with Crippen LogP contribution in [0.25, 0.3) is 11.1 Å². The first-order chi connectivity index (χ1) is 12.2. The molecule has 25 heavy (non-hydrogen) atoms. The molecule has 1 N–H and O–H groups in total. The standard InChI is InChI=1S/C21H25NO3/c23-21(24)18-10-6-12-22(15-18)13-14-25-16-19-9-4-5-11-20(19)17-7-2-1-3-8-17/h1-5,7-9,11,18H,6,10,12-16H2,(H,23,24)/t18-/m1/s1. The normalized spacial score (nSPS) is 18.2. The van der Waals surface area contributed by atoms with Crippen LogP contribution >= 0.6 is 0 Å². The molecular weight excluding hydrogens is 314 g/mol. The first kappa shape index (κ1) is 17.6. The molecule has 0 bridgehead atoms. The minimum atomic E-state index is -0.678. The average molecular weight is 339 g/mol. The van der Waals surface area contributed by atoms with Crippen LogP contribution in [-0.4, -0.2) is 42.2 Å². The van der Waals surface area contributed by atoms with E-state index in [0.717, 1.165) is 25.9 Å². The smallest absolute Gasteiger partial charge is 0.307 e. The summed E-state index contributed by atoms with van der Waals surface area (Å²) in [7, 11) is 0. The zero-order chi connectivity index (χ0) is 17.5. The summed E-state index contributed by atoms with van der Waals surface area (Å²) < 4.78 is 5.89. The van der Waals surface area contributed by atoms with Gasteiger partial charge in [-0.3, -0.25) is 4.79 Å². The predicted molar refractivity (Wildman–Crippen MR) is 98.3 cm³/mol. The Bertz CT molecular complexity index is 687. The summed E-state index contributed by atoms with van der Waals surface area (Å²) in [5, 5.41) is 9.16. The zero-order valence-electron chi connectivity index (χ0n) is 14.4. The summed E-state index contributed by atoms with van der Waals surface area (Å²) in [5.41, 5.74) is 3.57. The van der Waals surface area contributed by atoms with Crippen molar-refractivity contribution in [3.8, 4) is 11.1 Å². The van der Waals surface area contributed by atoms with E-state index in [0.29, 0.717) is 19.8 Å². The summed E-state index contributed by atoms with van der Waals surface area (Å²) in [6.45, 7) is 3.58. The van der Waals surface area contributed by atoms with Crippen LogP contribution in [0.3, 0.4) is 0 Å². The molecule has 0 radical (unpaired) electrons. The molecule has 1 saturated heterocycles. The summed E-state index contributed by atoms with van der Waals surface area (Å²) in [4.78, 5) is 13.3. The number of likely N-dealkylation sites (tertiary alicyclic amines) is 1. The van der Waals surface area contributed by atoms with Crippen molar-refractivity contribution in [2.75, 3.05) is 26.2 Å². The molecule has 1 aliphatic heterocycles. The van der Waals surface area contributed by atoms with Gasteiger partial charge in [-0.05, 0) is 36.1 Å². The highest BCUT2D eigenvalue weighted by Gasteiger charge is 2.24. The fraction of sp³-hybridized carbons (Fsp3) is 0.381. The van der Waals surface area contributed by atoms with E-state index in [1.165, 1.54) is 16.7 Å². The van der Waals surface area contributed by atoms with Gasteiger partial charge >= 0.3 is 5.97 Å². The molecule has 1 fully saturated rings. The van der Waals surface area contributed by atoms with Crippen molar-refractivity contribution < 1.29 is 14.6 Å². The molecule has 2 aromatic rings. The summed E-state index contributed by atoms with van der Waals surface area (Å²) >= 11 is 0. The number of carboxylic acid groups (broad SMARTS) is 1. The topological polar surface area (TPSA) is 49.8 Å². The lowest BCUT2D eigenvalue weighted by molar-refractivity contribution is -0.143. The van der Waals surface area contributed by atoms with Gasteiger partial charge in [-0.15, -0.1) is 0 Å². The Hall–Kier alpha value is -2.17. The van der Waals surface area contributed by atoms with Gasteiger partial charge in [0.15, 0.2) is 0 Å². The number of nitrogens with zero attached hydrogens (tertiary/aromatic N) is 1. The van der Waals surface area contributed by atoms with Crippen LogP contribution in [0.1, 0.15) is 18.4 Å². The van der Waals surface area contributed by atoms with Gasteiger partial charge in [0.05, 0.1) is 19.1 Å². The van der Waals surface area contributed by atoms with Crippen LogP contribution in [0.15, 0.2) is 54.6 Å². The number of hydrogen-bond acceptors (Lipinski definition) is 3. The highest BCUT2D eigenvalue weighted by Crippen LogP contribution is 2.24. The van der Waals surface area contributed by atoms with Crippen LogP contribution in [-0.2, 0) is 16.1 Å². The van der Waals surface area contributed by atoms with E-state index >= 15 is 0 Å². The number of carbonyl (C=O) groups is 1. The fourth-order valence-electron chi connectivity index (χ4n) is 3.38. The second kappa shape index (κ2) is 8.79. The first-order valence-corrected chi connectivity index (χ1v) is 8.90. The molecule has 0 saturated carbocycles. The molecule has 2 aromatic carbocycles. The molecule has 0 aromatic heterocycles. The number of ether oxygens (including phenoxy) is 1. The van der Waals surface area contributed by atoms with Crippen molar-refractivity contribution in [2.24, 2.45) is 5.92 Å². The highest BCUT2D eigenvalue weighted by atomic mass is 16.5. The average Bonchev–Trinajstić information content (AvgIpc) is 2.66. The molecule has 0 spiro atoms. The fourth-order valence-corrected chi connectivity index (χ4v) is 3.38. The number of hydrogen-bond donors (Lipinski definition) is 1. The van der Waals surface area contributed by atoms with Crippen LogP contribution in [0.2, 0.25) is 0 Å². The number of piperidine rings is 1. The summed E-state index contributed by atoms with van der Waals surface area (Å²) in [5.74, 6) is -0.907. The van der Waals surface area contributed by atoms with Crippen molar-refractivity contribution in [2.45, 2.75) is 19.4 Å². The monoisotopic (exact) mass is 339 g/mol. The Morgan fingerprint density at radius 1 is 1.12 bits per heavy atom. The van der Waals surface area contributed by atoms with Crippen molar-refractivity contribution >= 4 is 5.97 Å². The second-order valence-electron chi connectivity index (χ2n) is 6.55. The molecule has 1 aliphatic rings. The summed E-state index contributed by atoms with van der Waals surface area (Å²) in [6, 6.07) is 18.6. The van der Waals surface area contributed by atoms with E-state index in [2.05, 4.69) is 29.2 Å². The molecular formula is C21H25NO3. The first-order valence-electron chi connectivity index (χ1n) is 8.90. The number of rotatable bonds is 7. The van der Waals surface area contributed by atoms with Gasteiger partial charge in [0, 0.05) is 13.1 Å². The van der Waals surface area contributed by atoms with Crippen LogP contribution in [0.4, 0.5) is 0 Å². The van der Waals surface area contributed by atoms with Gasteiger partial charge < -0.3 is 14.7 Å². The van der Waals surface area contributed by atoms with Crippen molar-refractivity contribution in [1.29, 1.82) is 0 Å². The third kappa shape index (κ3) is 4.91. The van der Waals surface area contributed by atoms with Gasteiger partial charge in [0.2, 0.25) is 0 Å². The third-order valence-corrected chi connectivity index (χ3v) is 4.77. The van der Waals surface area contributed by atoms with Gasteiger partial charge in [-0.1, -0.05) is 54.6 Å². The molecule has 1 atom stereocenters.